The maximum absolute atomic E-state index is 13.8. The van der Waals surface area contributed by atoms with Crippen molar-refractivity contribution in [1.29, 1.82) is 0 Å². The van der Waals surface area contributed by atoms with E-state index in [1.54, 1.807) is 22.8 Å². The summed E-state index contributed by atoms with van der Waals surface area (Å²) in [5, 5.41) is 7.54. The van der Waals surface area contributed by atoms with Crippen LogP contribution in [-0.4, -0.2) is 64.7 Å². The second kappa shape index (κ2) is 10.9. The molecule has 0 bridgehead atoms. The Morgan fingerprint density at radius 1 is 1.23 bits per heavy atom. The van der Waals surface area contributed by atoms with Crippen LogP contribution >= 0.6 is 0 Å². The first kappa shape index (κ1) is 26.8. The molecule has 2 fully saturated rings. The molecule has 4 aliphatic rings. The number of fused-ring (bicyclic) bond motifs is 1. The Balaban J connectivity index is 1.17. The molecule has 3 aliphatic heterocycles. The van der Waals surface area contributed by atoms with E-state index in [0.717, 1.165) is 42.6 Å². The number of hydrogen-bond acceptors (Lipinski definition) is 7. The molecular formula is C30H38N4O6. The molecule has 0 radical (unpaired) electrons. The van der Waals surface area contributed by atoms with Crippen molar-refractivity contribution in [1.82, 2.24) is 14.7 Å². The summed E-state index contributed by atoms with van der Waals surface area (Å²) < 4.78 is 24.9. The number of carbonyl (C=O) groups excluding carboxylic acids is 2. The molecule has 1 aromatic carbocycles. The Morgan fingerprint density at radius 3 is 2.80 bits per heavy atom. The topological polar surface area (TPSA) is 104 Å². The lowest BCUT2D eigenvalue weighted by Gasteiger charge is -2.31. The lowest BCUT2D eigenvalue weighted by atomic mass is 9.84. The first-order valence-corrected chi connectivity index (χ1v) is 14.3. The van der Waals surface area contributed by atoms with Gasteiger partial charge < -0.3 is 29.2 Å². The van der Waals surface area contributed by atoms with Gasteiger partial charge in [-0.25, -0.2) is 0 Å². The van der Waals surface area contributed by atoms with Crippen LogP contribution in [0.3, 0.4) is 0 Å². The van der Waals surface area contributed by atoms with Crippen molar-refractivity contribution in [3.8, 4) is 11.5 Å². The van der Waals surface area contributed by atoms with E-state index in [-0.39, 0.29) is 17.9 Å². The molecule has 40 heavy (non-hydrogen) atoms. The molecule has 1 saturated carbocycles. The molecule has 10 heteroatoms. The van der Waals surface area contributed by atoms with E-state index in [4.69, 9.17) is 18.9 Å². The summed E-state index contributed by atoms with van der Waals surface area (Å²) in [7, 11) is 1.63. The van der Waals surface area contributed by atoms with Gasteiger partial charge in [0.1, 0.15) is 23.6 Å². The minimum absolute atomic E-state index is 0.111. The highest BCUT2D eigenvalue weighted by molar-refractivity contribution is 6.02. The van der Waals surface area contributed by atoms with Gasteiger partial charge in [-0.3, -0.25) is 14.3 Å². The van der Waals surface area contributed by atoms with Crippen molar-refractivity contribution >= 4 is 17.6 Å². The van der Waals surface area contributed by atoms with Crippen LogP contribution in [0.4, 0.5) is 5.82 Å². The standard InChI is InChI=1S/C30H38N4O6/c1-30(2)38-18-21(40-30)17-33-13-12-26(32-33)31-28(35)23(14-19-8-5-4-6-9-19)34-16-20-15-22-24(37-3)10-7-11-25(22)39-27(20)29(34)36/h7,10-13,19,21,23H,4-6,8-9,14-18H2,1-3H3,(H,31,32,35)/t21-,23+/m1/s1. The van der Waals surface area contributed by atoms with Crippen LogP contribution in [0, 0.1) is 5.92 Å². The molecule has 1 N–H and O–H groups in total. The van der Waals surface area contributed by atoms with E-state index in [1.165, 1.54) is 6.42 Å². The van der Waals surface area contributed by atoms with E-state index in [9.17, 15) is 9.59 Å². The number of methoxy groups -OCH3 is 1. The number of aromatic nitrogens is 2. The molecule has 1 aromatic heterocycles. The fraction of sp³-hybridized carbons (Fsp3) is 0.567. The number of benzene rings is 1. The number of amides is 2. The summed E-state index contributed by atoms with van der Waals surface area (Å²) in [5.74, 6) is 1.50. The van der Waals surface area contributed by atoms with Gasteiger partial charge in [-0.15, -0.1) is 0 Å². The zero-order chi connectivity index (χ0) is 27.9. The molecule has 1 saturated heterocycles. The van der Waals surface area contributed by atoms with Gasteiger partial charge in [-0.2, -0.15) is 5.10 Å². The molecular weight excluding hydrogens is 512 g/mol. The third-order valence-electron chi connectivity index (χ3n) is 8.36. The Kier molecular flexibility index (Phi) is 7.31. The van der Waals surface area contributed by atoms with Crippen LogP contribution < -0.4 is 14.8 Å². The molecule has 0 unspecified atom stereocenters. The highest BCUT2D eigenvalue weighted by Crippen LogP contribution is 2.40. The van der Waals surface area contributed by atoms with Crippen molar-refractivity contribution in [2.24, 2.45) is 5.92 Å². The minimum atomic E-state index is -0.618. The predicted octanol–water partition coefficient (Wildman–Crippen LogP) is 4.05. The summed E-state index contributed by atoms with van der Waals surface area (Å²) >= 11 is 0. The molecule has 1 aliphatic carbocycles. The van der Waals surface area contributed by atoms with Gasteiger partial charge in [0.05, 0.1) is 20.3 Å². The average Bonchev–Trinajstić information content (AvgIpc) is 3.63. The van der Waals surface area contributed by atoms with Crippen LogP contribution in [0.5, 0.6) is 11.5 Å². The lowest BCUT2D eigenvalue weighted by Crippen LogP contribution is -2.47. The summed E-state index contributed by atoms with van der Waals surface area (Å²) in [6.07, 6.45) is 8.59. The van der Waals surface area contributed by atoms with Crippen molar-refractivity contribution in [2.75, 3.05) is 25.6 Å². The first-order valence-electron chi connectivity index (χ1n) is 14.3. The normalized spacial score (nSPS) is 23.0. The number of carbonyl (C=O) groups is 2. The molecule has 10 nitrogen and oxygen atoms in total. The Hall–Kier alpha value is -3.37. The maximum Gasteiger partial charge on any atom is 0.290 e. The fourth-order valence-corrected chi connectivity index (χ4v) is 6.38. The lowest BCUT2D eigenvalue weighted by molar-refractivity contribution is -0.139. The van der Waals surface area contributed by atoms with Gasteiger partial charge in [-0.05, 0) is 38.3 Å². The SMILES string of the molecule is COc1cccc2c1CC1=C(O2)C(=O)N([C@@H](CC2CCCCC2)C(=O)Nc2ccn(C[C@@H]3COC(C)(C)O3)n2)C1. The number of anilines is 1. The van der Waals surface area contributed by atoms with Gasteiger partial charge in [0.15, 0.2) is 17.4 Å². The smallest absolute Gasteiger partial charge is 0.290 e. The molecule has 4 heterocycles. The number of hydrogen-bond donors (Lipinski definition) is 1. The molecule has 6 rings (SSSR count). The summed E-state index contributed by atoms with van der Waals surface area (Å²) in [5.41, 5.74) is 1.81. The van der Waals surface area contributed by atoms with Gasteiger partial charge in [0.2, 0.25) is 5.91 Å². The molecule has 2 aromatic rings. The van der Waals surface area contributed by atoms with Crippen LogP contribution in [0.25, 0.3) is 0 Å². The highest BCUT2D eigenvalue weighted by Gasteiger charge is 2.43. The van der Waals surface area contributed by atoms with Crippen molar-refractivity contribution in [3.05, 3.63) is 47.4 Å². The molecule has 2 amide bonds. The average molecular weight is 551 g/mol. The van der Waals surface area contributed by atoms with Crippen LogP contribution in [0.2, 0.25) is 0 Å². The molecule has 2 atom stereocenters. The number of rotatable bonds is 8. The monoisotopic (exact) mass is 550 g/mol. The Morgan fingerprint density at radius 2 is 2.05 bits per heavy atom. The van der Waals surface area contributed by atoms with E-state index in [0.29, 0.717) is 55.8 Å². The van der Waals surface area contributed by atoms with Crippen molar-refractivity contribution < 1.29 is 28.5 Å². The van der Waals surface area contributed by atoms with Gasteiger partial charge >= 0.3 is 0 Å². The minimum Gasteiger partial charge on any atom is -0.496 e. The number of nitrogens with zero attached hydrogens (tertiary/aromatic N) is 3. The van der Waals surface area contributed by atoms with Crippen molar-refractivity contribution in [3.63, 3.8) is 0 Å². The number of nitrogens with one attached hydrogen (secondary N) is 1. The van der Waals surface area contributed by atoms with Crippen LogP contribution in [-0.2, 0) is 32.0 Å². The number of ether oxygens (including phenoxy) is 4. The van der Waals surface area contributed by atoms with Crippen LogP contribution in [0.1, 0.15) is 57.9 Å². The van der Waals surface area contributed by atoms with Gasteiger partial charge in [0.25, 0.3) is 5.91 Å². The van der Waals surface area contributed by atoms with E-state index < -0.39 is 11.8 Å². The van der Waals surface area contributed by atoms with E-state index in [1.807, 2.05) is 38.2 Å². The molecule has 214 valence electrons. The van der Waals surface area contributed by atoms with E-state index >= 15 is 0 Å². The summed E-state index contributed by atoms with van der Waals surface area (Å²) in [6, 6.07) is 6.76. The van der Waals surface area contributed by atoms with Crippen molar-refractivity contribution in [2.45, 2.75) is 83.3 Å². The summed E-state index contributed by atoms with van der Waals surface area (Å²) in [4.78, 5) is 29.2. The Labute approximate surface area is 234 Å². The second-order valence-corrected chi connectivity index (χ2v) is 11.7. The van der Waals surface area contributed by atoms with Gasteiger partial charge in [0, 0.05) is 36.4 Å². The maximum atomic E-state index is 13.8. The third-order valence-corrected chi connectivity index (χ3v) is 8.36. The first-order chi connectivity index (χ1) is 19.3. The van der Waals surface area contributed by atoms with E-state index in [2.05, 4.69) is 10.4 Å². The zero-order valence-electron chi connectivity index (χ0n) is 23.5. The predicted molar refractivity (Wildman–Crippen MR) is 147 cm³/mol. The fourth-order valence-electron chi connectivity index (χ4n) is 6.38. The largest absolute Gasteiger partial charge is 0.496 e. The second-order valence-electron chi connectivity index (χ2n) is 11.7. The summed E-state index contributed by atoms with van der Waals surface area (Å²) in [6.45, 7) is 5.15. The van der Waals surface area contributed by atoms with Gasteiger partial charge in [-0.1, -0.05) is 38.2 Å². The van der Waals surface area contributed by atoms with Crippen LogP contribution in [0.15, 0.2) is 41.8 Å². The third kappa shape index (κ3) is 5.47. The zero-order valence-corrected chi connectivity index (χ0v) is 23.5. The Bertz CT molecular complexity index is 1310. The highest BCUT2D eigenvalue weighted by atomic mass is 16.7. The molecule has 0 spiro atoms. The quantitative estimate of drug-likeness (QED) is 0.529.